The lowest BCUT2D eigenvalue weighted by Gasteiger charge is -2.15. The summed E-state index contributed by atoms with van der Waals surface area (Å²) in [5, 5.41) is 2.52. The van der Waals surface area contributed by atoms with Crippen LogP contribution in [-0.2, 0) is 16.0 Å². The number of nitrogens with one attached hydrogen (secondary N) is 1. The number of unbranched alkanes of at least 4 members (excludes halogenated alkanes) is 4. The summed E-state index contributed by atoms with van der Waals surface area (Å²) in [5.74, 6) is -2.63. The fourth-order valence-corrected chi connectivity index (χ4v) is 2.36. The second-order valence-electron chi connectivity index (χ2n) is 5.72. The predicted molar refractivity (Wildman–Crippen MR) is 89.1 cm³/mol. The van der Waals surface area contributed by atoms with E-state index < -0.39 is 29.5 Å². The SMILES string of the molecule is C=CCCCCCC[C@H](NC(=O)Cc1ccc(F)cc1F)C(N)=O. The number of nitrogens with two attached hydrogens (primary N) is 1. The van der Waals surface area contributed by atoms with Crippen molar-refractivity contribution >= 4 is 11.8 Å². The van der Waals surface area contributed by atoms with Gasteiger partial charge < -0.3 is 11.1 Å². The average Bonchev–Trinajstić information content (AvgIpc) is 2.52. The summed E-state index contributed by atoms with van der Waals surface area (Å²) in [7, 11) is 0. The maximum absolute atomic E-state index is 13.5. The first kappa shape index (κ1) is 19.8. The Morgan fingerprint density at radius 1 is 1.21 bits per heavy atom. The van der Waals surface area contributed by atoms with E-state index in [0.717, 1.165) is 44.2 Å². The van der Waals surface area contributed by atoms with Crippen LogP contribution < -0.4 is 11.1 Å². The number of rotatable bonds is 11. The van der Waals surface area contributed by atoms with Crippen molar-refractivity contribution in [2.45, 2.75) is 51.0 Å². The van der Waals surface area contributed by atoms with E-state index in [1.54, 1.807) is 0 Å². The van der Waals surface area contributed by atoms with Gasteiger partial charge in [-0.3, -0.25) is 9.59 Å². The van der Waals surface area contributed by atoms with Gasteiger partial charge in [-0.2, -0.15) is 0 Å². The Kier molecular flexibility index (Phi) is 8.68. The Labute approximate surface area is 141 Å². The number of hydrogen-bond acceptors (Lipinski definition) is 2. The van der Waals surface area contributed by atoms with Gasteiger partial charge in [0.2, 0.25) is 11.8 Å². The summed E-state index contributed by atoms with van der Waals surface area (Å²) in [6.45, 7) is 3.65. The minimum atomic E-state index is -0.789. The van der Waals surface area contributed by atoms with Crippen LogP contribution in [0.2, 0.25) is 0 Å². The van der Waals surface area contributed by atoms with Crippen molar-refractivity contribution in [1.29, 1.82) is 0 Å². The number of primary amides is 1. The number of halogens is 2. The van der Waals surface area contributed by atoms with Crippen molar-refractivity contribution in [3.05, 3.63) is 48.1 Å². The van der Waals surface area contributed by atoms with Gasteiger partial charge in [0.15, 0.2) is 0 Å². The highest BCUT2D eigenvalue weighted by atomic mass is 19.1. The van der Waals surface area contributed by atoms with Gasteiger partial charge in [0.05, 0.1) is 6.42 Å². The molecule has 0 spiro atoms. The predicted octanol–water partition coefficient (Wildman–Crippen LogP) is 3.00. The van der Waals surface area contributed by atoms with Crippen LogP contribution in [0.4, 0.5) is 8.78 Å². The van der Waals surface area contributed by atoms with Crippen LogP contribution in [0.1, 0.15) is 44.1 Å². The fourth-order valence-electron chi connectivity index (χ4n) is 2.36. The molecule has 4 nitrogen and oxygen atoms in total. The normalized spacial score (nSPS) is 11.8. The van der Waals surface area contributed by atoms with E-state index in [1.807, 2.05) is 6.08 Å². The highest BCUT2D eigenvalue weighted by Crippen LogP contribution is 2.11. The largest absolute Gasteiger partial charge is 0.368 e. The molecule has 132 valence electrons. The first-order valence-electron chi connectivity index (χ1n) is 8.07. The molecule has 0 unspecified atom stereocenters. The van der Waals surface area contributed by atoms with Crippen molar-refractivity contribution in [3.63, 3.8) is 0 Å². The molecular formula is C18H24F2N2O2. The zero-order valence-corrected chi connectivity index (χ0v) is 13.7. The second-order valence-corrected chi connectivity index (χ2v) is 5.72. The molecule has 0 aliphatic heterocycles. The Hall–Kier alpha value is -2.24. The third kappa shape index (κ3) is 7.35. The van der Waals surface area contributed by atoms with Crippen LogP contribution in [0.25, 0.3) is 0 Å². The molecule has 0 fully saturated rings. The van der Waals surface area contributed by atoms with Gasteiger partial charge in [0, 0.05) is 6.07 Å². The first-order chi connectivity index (χ1) is 11.4. The standard InChI is InChI=1S/C18H24F2N2O2/c1-2-3-4-5-6-7-8-16(18(21)24)22-17(23)11-13-9-10-14(19)12-15(13)20/h2,9-10,12,16H,1,3-8,11H2,(H2,21,24)(H,22,23)/t16-/m0/s1. The van der Waals surface area contributed by atoms with Crippen molar-refractivity contribution in [2.75, 3.05) is 0 Å². The minimum absolute atomic E-state index is 0.0709. The monoisotopic (exact) mass is 338 g/mol. The van der Waals surface area contributed by atoms with Gasteiger partial charge in [0.1, 0.15) is 17.7 Å². The molecule has 3 N–H and O–H groups in total. The molecule has 2 amide bonds. The maximum Gasteiger partial charge on any atom is 0.239 e. The third-order valence-electron chi connectivity index (χ3n) is 3.70. The van der Waals surface area contributed by atoms with Crippen molar-refractivity contribution in [3.8, 4) is 0 Å². The summed E-state index contributed by atoms with van der Waals surface area (Å²) in [5.41, 5.74) is 5.37. The maximum atomic E-state index is 13.5. The van der Waals surface area contributed by atoms with Gasteiger partial charge >= 0.3 is 0 Å². The highest BCUT2D eigenvalue weighted by molar-refractivity contribution is 5.87. The molecule has 1 aromatic carbocycles. The van der Waals surface area contributed by atoms with E-state index in [4.69, 9.17) is 5.73 Å². The summed E-state index contributed by atoms with van der Waals surface area (Å²) in [4.78, 5) is 23.4. The molecular weight excluding hydrogens is 314 g/mol. The fraction of sp³-hybridized carbons (Fsp3) is 0.444. The molecule has 1 aromatic rings. The quantitative estimate of drug-likeness (QED) is 0.481. The molecule has 0 saturated heterocycles. The third-order valence-corrected chi connectivity index (χ3v) is 3.70. The van der Waals surface area contributed by atoms with E-state index >= 15 is 0 Å². The molecule has 6 heteroatoms. The van der Waals surface area contributed by atoms with Crippen molar-refractivity contribution in [1.82, 2.24) is 5.32 Å². The average molecular weight is 338 g/mol. The summed E-state index contributed by atoms with van der Waals surface area (Å²) < 4.78 is 26.4. The molecule has 0 aliphatic carbocycles. The van der Waals surface area contributed by atoms with Crippen LogP contribution >= 0.6 is 0 Å². The topological polar surface area (TPSA) is 72.2 Å². The van der Waals surface area contributed by atoms with Gasteiger partial charge in [-0.05, 0) is 30.9 Å². The summed E-state index contributed by atoms with van der Waals surface area (Å²) in [6.07, 6.45) is 6.75. The number of amides is 2. The van der Waals surface area contributed by atoms with Gasteiger partial charge in [0.25, 0.3) is 0 Å². The van der Waals surface area contributed by atoms with E-state index in [2.05, 4.69) is 11.9 Å². The molecule has 0 aliphatic rings. The van der Waals surface area contributed by atoms with Crippen LogP contribution in [0.5, 0.6) is 0 Å². The number of carbonyl (C=O) groups excluding carboxylic acids is 2. The van der Waals surface area contributed by atoms with E-state index in [0.29, 0.717) is 6.42 Å². The molecule has 1 atom stereocenters. The van der Waals surface area contributed by atoms with E-state index in [-0.39, 0.29) is 12.0 Å². The molecule has 1 rings (SSSR count). The zero-order chi connectivity index (χ0) is 17.9. The van der Waals surface area contributed by atoms with Crippen LogP contribution in [0, 0.1) is 11.6 Å². The number of benzene rings is 1. The molecule has 0 heterocycles. The lowest BCUT2D eigenvalue weighted by atomic mass is 10.0. The van der Waals surface area contributed by atoms with E-state index in [9.17, 15) is 18.4 Å². The number of hydrogen-bond donors (Lipinski definition) is 2. The van der Waals surface area contributed by atoms with Crippen LogP contribution in [-0.4, -0.2) is 17.9 Å². The Bertz CT molecular complexity index is 576. The molecule has 0 aromatic heterocycles. The van der Waals surface area contributed by atoms with E-state index in [1.165, 1.54) is 6.07 Å². The smallest absolute Gasteiger partial charge is 0.239 e. The minimum Gasteiger partial charge on any atom is -0.368 e. The van der Waals surface area contributed by atoms with Crippen molar-refractivity contribution in [2.24, 2.45) is 5.73 Å². The second kappa shape index (κ2) is 10.5. The lowest BCUT2D eigenvalue weighted by molar-refractivity contribution is -0.127. The lowest BCUT2D eigenvalue weighted by Crippen LogP contribution is -2.45. The summed E-state index contributed by atoms with van der Waals surface area (Å²) >= 11 is 0. The van der Waals surface area contributed by atoms with Gasteiger partial charge in [-0.25, -0.2) is 8.78 Å². The Balaban J connectivity index is 2.44. The highest BCUT2D eigenvalue weighted by Gasteiger charge is 2.18. The van der Waals surface area contributed by atoms with Crippen LogP contribution in [0.15, 0.2) is 30.9 Å². The first-order valence-corrected chi connectivity index (χ1v) is 8.07. The molecule has 0 saturated carbocycles. The molecule has 0 bridgehead atoms. The molecule has 24 heavy (non-hydrogen) atoms. The Morgan fingerprint density at radius 2 is 1.92 bits per heavy atom. The van der Waals surface area contributed by atoms with Gasteiger partial charge in [-0.15, -0.1) is 6.58 Å². The van der Waals surface area contributed by atoms with Gasteiger partial charge in [-0.1, -0.05) is 31.4 Å². The zero-order valence-electron chi connectivity index (χ0n) is 13.7. The summed E-state index contributed by atoms with van der Waals surface area (Å²) in [6, 6.07) is 2.24. The molecule has 0 radical (unpaired) electrons. The number of allylic oxidation sites excluding steroid dienone is 1. The van der Waals surface area contributed by atoms with Crippen LogP contribution in [0.3, 0.4) is 0 Å². The Morgan fingerprint density at radius 3 is 2.54 bits per heavy atom. The number of carbonyl (C=O) groups is 2. The van der Waals surface area contributed by atoms with Crippen molar-refractivity contribution < 1.29 is 18.4 Å².